The van der Waals surface area contributed by atoms with Crippen molar-refractivity contribution in [1.82, 2.24) is 16.0 Å². The number of nitrogens with one attached hydrogen (secondary N) is 3. The minimum Gasteiger partial charge on any atom is -0.352 e. The second-order valence-electron chi connectivity index (χ2n) is 5.34. The first-order chi connectivity index (χ1) is 10.2. The molecule has 0 bridgehead atoms. The van der Waals surface area contributed by atoms with Crippen molar-refractivity contribution in [1.29, 1.82) is 0 Å². The third-order valence-corrected chi connectivity index (χ3v) is 3.59. The maximum atomic E-state index is 12.1. The van der Waals surface area contributed by atoms with Crippen molar-refractivity contribution in [2.24, 2.45) is 0 Å². The largest absolute Gasteiger partial charge is 0.352 e. The van der Waals surface area contributed by atoms with E-state index in [1.165, 1.54) is 0 Å². The molecule has 1 aromatic rings. The molecule has 2 amide bonds. The number of hydrogen-bond acceptors (Lipinski definition) is 3. The molecular formula is C16H24ClN3O2. The van der Waals surface area contributed by atoms with E-state index in [4.69, 9.17) is 0 Å². The van der Waals surface area contributed by atoms with Gasteiger partial charge in [-0.2, -0.15) is 0 Å². The SMILES string of the molecule is CCCNC(=O)c1cccc(C(=O)NCC2CCCN2)c1.Cl. The summed E-state index contributed by atoms with van der Waals surface area (Å²) in [5, 5.41) is 9.07. The summed E-state index contributed by atoms with van der Waals surface area (Å²) < 4.78 is 0. The van der Waals surface area contributed by atoms with E-state index in [1.54, 1.807) is 24.3 Å². The Morgan fingerprint density at radius 3 is 2.50 bits per heavy atom. The first-order valence-corrected chi connectivity index (χ1v) is 7.60. The van der Waals surface area contributed by atoms with Gasteiger partial charge in [-0.25, -0.2) is 0 Å². The van der Waals surface area contributed by atoms with Crippen molar-refractivity contribution in [3.05, 3.63) is 35.4 Å². The Kier molecular flexibility index (Phi) is 7.91. The van der Waals surface area contributed by atoms with Gasteiger partial charge >= 0.3 is 0 Å². The van der Waals surface area contributed by atoms with Gasteiger partial charge in [0, 0.05) is 30.3 Å². The van der Waals surface area contributed by atoms with E-state index in [1.807, 2.05) is 6.92 Å². The number of amides is 2. The van der Waals surface area contributed by atoms with Gasteiger partial charge in [0.05, 0.1) is 0 Å². The summed E-state index contributed by atoms with van der Waals surface area (Å²) in [6.45, 7) is 4.29. The van der Waals surface area contributed by atoms with Crippen LogP contribution in [0.25, 0.3) is 0 Å². The maximum absolute atomic E-state index is 12.1. The Morgan fingerprint density at radius 1 is 1.23 bits per heavy atom. The molecule has 6 heteroatoms. The smallest absolute Gasteiger partial charge is 0.251 e. The van der Waals surface area contributed by atoms with Crippen LogP contribution in [-0.4, -0.2) is 37.5 Å². The zero-order valence-electron chi connectivity index (χ0n) is 12.9. The molecule has 3 N–H and O–H groups in total. The van der Waals surface area contributed by atoms with E-state index in [-0.39, 0.29) is 24.2 Å². The third-order valence-electron chi connectivity index (χ3n) is 3.59. The lowest BCUT2D eigenvalue weighted by atomic mass is 10.1. The minimum absolute atomic E-state index is 0. The molecule has 1 heterocycles. The van der Waals surface area contributed by atoms with E-state index < -0.39 is 0 Å². The van der Waals surface area contributed by atoms with Crippen LogP contribution in [0.2, 0.25) is 0 Å². The van der Waals surface area contributed by atoms with Crippen LogP contribution in [0.1, 0.15) is 46.9 Å². The molecular weight excluding hydrogens is 302 g/mol. The molecule has 0 spiro atoms. The zero-order valence-corrected chi connectivity index (χ0v) is 13.7. The Hall–Kier alpha value is -1.59. The average Bonchev–Trinajstić information content (AvgIpc) is 3.03. The van der Waals surface area contributed by atoms with Crippen LogP contribution in [0.3, 0.4) is 0 Å². The topological polar surface area (TPSA) is 70.2 Å². The van der Waals surface area contributed by atoms with Crippen LogP contribution in [0.5, 0.6) is 0 Å². The molecule has 1 aromatic carbocycles. The molecule has 5 nitrogen and oxygen atoms in total. The average molecular weight is 326 g/mol. The lowest BCUT2D eigenvalue weighted by molar-refractivity contribution is 0.0950. The number of carbonyl (C=O) groups is 2. The number of benzene rings is 1. The van der Waals surface area contributed by atoms with E-state index in [9.17, 15) is 9.59 Å². The van der Waals surface area contributed by atoms with Crippen LogP contribution < -0.4 is 16.0 Å². The van der Waals surface area contributed by atoms with Gasteiger partial charge in [0.2, 0.25) is 0 Å². The fraction of sp³-hybridized carbons (Fsp3) is 0.500. The second-order valence-corrected chi connectivity index (χ2v) is 5.34. The van der Waals surface area contributed by atoms with Crippen LogP contribution >= 0.6 is 12.4 Å². The Bertz CT molecular complexity index is 502. The molecule has 1 aliphatic heterocycles. The molecule has 1 saturated heterocycles. The molecule has 0 radical (unpaired) electrons. The standard InChI is InChI=1S/C16H23N3O2.ClH/c1-2-8-18-15(20)12-5-3-6-13(10-12)16(21)19-11-14-7-4-9-17-14;/h3,5-6,10,14,17H,2,4,7-9,11H2,1H3,(H,18,20)(H,19,21);1H. The predicted molar refractivity (Wildman–Crippen MR) is 89.7 cm³/mol. The van der Waals surface area contributed by atoms with Crippen LogP contribution in [0.15, 0.2) is 24.3 Å². The van der Waals surface area contributed by atoms with Crippen molar-refractivity contribution in [3.63, 3.8) is 0 Å². The number of carbonyl (C=O) groups excluding carboxylic acids is 2. The highest BCUT2D eigenvalue weighted by atomic mass is 35.5. The summed E-state index contributed by atoms with van der Waals surface area (Å²) in [4.78, 5) is 24.0. The Morgan fingerprint density at radius 2 is 1.91 bits per heavy atom. The molecule has 2 rings (SSSR count). The molecule has 1 unspecified atom stereocenters. The van der Waals surface area contributed by atoms with Crippen molar-refractivity contribution in [2.45, 2.75) is 32.2 Å². The van der Waals surface area contributed by atoms with Crippen LogP contribution in [0, 0.1) is 0 Å². The van der Waals surface area contributed by atoms with Gasteiger partial charge in [-0.05, 0) is 44.0 Å². The molecule has 1 atom stereocenters. The highest BCUT2D eigenvalue weighted by Crippen LogP contribution is 2.07. The molecule has 0 aliphatic carbocycles. The quantitative estimate of drug-likeness (QED) is 0.746. The van der Waals surface area contributed by atoms with E-state index in [2.05, 4.69) is 16.0 Å². The summed E-state index contributed by atoms with van der Waals surface area (Å²) in [5.41, 5.74) is 1.05. The Labute approximate surface area is 137 Å². The minimum atomic E-state index is -0.135. The normalized spacial score (nSPS) is 16.7. The maximum Gasteiger partial charge on any atom is 0.251 e. The van der Waals surface area contributed by atoms with Crippen molar-refractivity contribution >= 4 is 24.2 Å². The van der Waals surface area contributed by atoms with Gasteiger partial charge in [-0.1, -0.05) is 13.0 Å². The first kappa shape index (κ1) is 18.5. The van der Waals surface area contributed by atoms with Gasteiger partial charge < -0.3 is 16.0 Å². The van der Waals surface area contributed by atoms with Gasteiger partial charge in [0.15, 0.2) is 0 Å². The summed E-state index contributed by atoms with van der Waals surface area (Å²) in [7, 11) is 0. The Balaban J connectivity index is 0.00000242. The molecule has 0 saturated carbocycles. The summed E-state index contributed by atoms with van der Waals surface area (Å²) in [6, 6.07) is 7.20. The van der Waals surface area contributed by atoms with Crippen molar-refractivity contribution in [3.8, 4) is 0 Å². The van der Waals surface area contributed by atoms with Gasteiger partial charge in [-0.3, -0.25) is 9.59 Å². The number of halogens is 1. The predicted octanol–water partition coefficient (Wildman–Crippen LogP) is 1.73. The lowest BCUT2D eigenvalue weighted by Gasteiger charge is -2.12. The summed E-state index contributed by atoms with van der Waals surface area (Å²) >= 11 is 0. The summed E-state index contributed by atoms with van der Waals surface area (Å²) in [5.74, 6) is -0.266. The highest BCUT2D eigenvalue weighted by molar-refractivity contribution is 5.99. The third kappa shape index (κ3) is 5.31. The van der Waals surface area contributed by atoms with E-state index in [0.29, 0.717) is 30.3 Å². The van der Waals surface area contributed by atoms with Gasteiger partial charge in [0.25, 0.3) is 11.8 Å². The van der Waals surface area contributed by atoms with E-state index >= 15 is 0 Å². The molecule has 1 fully saturated rings. The lowest BCUT2D eigenvalue weighted by Crippen LogP contribution is -2.37. The molecule has 1 aliphatic rings. The number of hydrogen-bond donors (Lipinski definition) is 3. The van der Waals surface area contributed by atoms with Gasteiger partial charge in [0.1, 0.15) is 0 Å². The van der Waals surface area contributed by atoms with Gasteiger partial charge in [-0.15, -0.1) is 12.4 Å². The number of rotatable bonds is 6. The van der Waals surface area contributed by atoms with Crippen molar-refractivity contribution < 1.29 is 9.59 Å². The fourth-order valence-corrected chi connectivity index (χ4v) is 2.39. The molecule has 22 heavy (non-hydrogen) atoms. The molecule has 122 valence electrons. The first-order valence-electron chi connectivity index (χ1n) is 7.60. The van der Waals surface area contributed by atoms with Crippen molar-refractivity contribution in [2.75, 3.05) is 19.6 Å². The molecule has 0 aromatic heterocycles. The monoisotopic (exact) mass is 325 g/mol. The highest BCUT2D eigenvalue weighted by Gasteiger charge is 2.16. The fourth-order valence-electron chi connectivity index (χ4n) is 2.39. The van der Waals surface area contributed by atoms with Crippen LogP contribution in [0.4, 0.5) is 0 Å². The van der Waals surface area contributed by atoms with Crippen LogP contribution in [-0.2, 0) is 0 Å². The second kappa shape index (κ2) is 9.43. The zero-order chi connectivity index (χ0) is 15.1. The summed E-state index contributed by atoms with van der Waals surface area (Å²) in [6.07, 6.45) is 3.15. The van der Waals surface area contributed by atoms with E-state index in [0.717, 1.165) is 25.8 Å².